The van der Waals surface area contributed by atoms with Crippen molar-refractivity contribution in [3.05, 3.63) is 70.7 Å². The third kappa shape index (κ3) is 1.79. The molecule has 102 valence electrons. The summed E-state index contributed by atoms with van der Waals surface area (Å²) < 4.78 is 6.09. The number of fused-ring (bicyclic) bond motifs is 2. The van der Waals surface area contributed by atoms with E-state index in [-0.39, 0.29) is 6.10 Å². The molecule has 0 radical (unpaired) electrons. The van der Waals surface area contributed by atoms with Crippen LogP contribution in [0.1, 0.15) is 25.7 Å². The van der Waals surface area contributed by atoms with E-state index in [9.17, 15) is 0 Å². The van der Waals surface area contributed by atoms with E-state index in [1.807, 2.05) is 0 Å². The molecule has 0 bridgehead atoms. The van der Waals surface area contributed by atoms with Crippen LogP contribution in [0.2, 0.25) is 0 Å². The van der Waals surface area contributed by atoms with Gasteiger partial charge in [-0.15, -0.1) is 0 Å². The van der Waals surface area contributed by atoms with Crippen LogP contribution in [-0.2, 0) is 4.74 Å². The molecule has 2 atom stereocenters. The van der Waals surface area contributed by atoms with Crippen LogP contribution in [0.25, 0.3) is 0 Å². The number of allylic oxidation sites excluding steroid dienone is 9. The zero-order chi connectivity index (χ0) is 13.5. The Balaban J connectivity index is 1.71. The van der Waals surface area contributed by atoms with Gasteiger partial charge in [0.25, 0.3) is 0 Å². The van der Waals surface area contributed by atoms with Gasteiger partial charge in [-0.1, -0.05) is 36.5 Å². The third-order valence-corrected chi connectivity index (χ3v) is 4.53. The van der Waals surface area contributed by atoms with E-state index in [1.54, 1.807) is 0 Å². The maximum absolute atomic E-state index is 6.32. The monoisotopic (exact) mass is 265 g/mol. The second-order valence-electron chi connectivity index (χ2n) is 5.82. The Morgan fingerprint density at radius 3 is 3.00 bits per heavy atom. The lowest BCUT2D eigenvalue weighted by Gasteiger charge is -2.25. The summed E-state index contributed by atoms with van der Waals surface area (Å²) in [5.74, 6) is 1.59. The first-order chi connectivity index (χ1) is 9.83. The van der Waals surface area contributed by atoms with Crippen molar-refractivity contribution in [1.29, 1.82) is 0 Å². The van der Waals surface area contributed by atoms with Crippen LogP contribution in [0.3, 0.4) is 0 Å². The van der Waals surface area contributed by atoms with Crippen molar-refractivity contribution in [1.82, 2.24) is 0 Å². The molecule has 20 heavy (non-hydrogen) atoms. The molecule has 2 N–H and O–H groups in total. The minimum atomic E-state index is 0.148. The van der Waals surface area contributed by atoms with Crippen molar-refractivity contribution >= 4 is 0 Å². The van der Waals surface area contributed by atoms with Crippen LogP contribution in [0.5, 0.6) is 0 Å². The van der Waals surface area contributed by atoms with Crippen LogP contribution >= 0.6 is 0 Å². The molecule has 0 aromatic rings. The normalized spacial score (nSPS) is 31.1. The lowest BCUT2D eigenvalue weighted by atomic mass is 9.82. The molecule has 0 fully saturated rings. The van der Waals surface area contributed by atoms with Gasteiger partial charge in [0.2, 0.25) is 0 Å². The first kappa shape index (κ1) is 11.8. The smallest absolute Gasteiger partial charge is 0.129 e. The van der Waals surface area contributed by atoms with Gasteiger partial charge in [0.05, 0.1) is 0 Å². The minimum absolute atomic E-state index is 0.148. The van der Waals surface area contributed by atoms with Gasteiger partial charge < -0.3 is 10.5 Å². The van der Waals surface area contributed by atoms with Gasteiger partial charge >= 0.3 is 0 Å². The second-order valence-corrected chi connectivity index (χ2v) is 5.82. The molecule has 0 saturated carbocycles. The molecule has 4 aliphatic rings. The predicted molar refractivity (Wildman–Crippen MR) is 80.6 cm³/mol. The van der Waals surface area contributed by atoms with Gasteiger partial charge in [0.15, 0.2) is 0 Å². The Hall–Kier alpha value is -1.96. The van der Waals surface area contributed by atoms with E-state index in [0.717, 1.165) is 37.1 Å². The molecule has 2 nitrogen and oxygen atoms in total. The SMILES string of the molecule is NC1=C(C2C=CC=CC2)C=C2C3=C(CCC=C3)OC2C1. The Labute approximate surface area is 119 Å². The number of hydrogen-bond acceptors (Lipinski definition) is 2. The minimum Gasteiger partial charge on any atom is -0.489 e. The van der Waals surface area contributed by atoms with Gasteiger partial charge in [-0.25, -0.2) is 0 Å². The molecule has 0 amide bonds. The summed E-state index contributed by atoms with van der Waals surface area (Å²) >= 11 is 0. The molecule has 0 spiro atoms. The van der Waals surface area contributed by atoms with Crippen molar-refractivity contribution in [2.24, 2.45) is 11.7 Å². The lowest BCUT2D eigenvalue weighted by molar-refractivity contribution is 0.157. The molecule has 0 saturated heterocycles. The van der Waals surface area contributed by atoms with Crippen molar-refractivity contribution in [3.63, 3.8) is 0 Å². The topological polar surface area (TPSA) is 35.2 Å². The van der Waals surface area contributed by atoms with Gasteiger partial charge in [-0.3, -0.25) is 0 Å². The summed E-state index contributed by atoms with van der Waals surface area (Å²) in [5.41, 5.74) is 11.2. The predicted octanol–water partition coefficient (Wildman–Crippen LogP) is 3.66. The number of rotatable bonds is 1. The molecule has 1 heterocycles. The number of hydrogen-bond donors (Lipinski definition) is 1. The highest BCUT2D eigenvalue weighted by atomic mass is 16.5. The Kier molecular flexibility index (Phi) is 2.69. The summed E-state index contributed by atoms with van der Waals surface area (Å²) in [5, 5.41) is 0. The van der Waals surface area contributed by atoms with E-state index < -0.39 is 0 Å². The average Bonchev–Trinajstić information content (AvgIpc) is 2.84. The average molecular weight is 265 g/mol. The third-order valence-electron chi connectivity index (χ3n) is 4.53. The fraction of sp³-hybridized carbons (Fsp3) is 0.333. The first-order valence-electron chi connectivity index (χ1n) is 7.43. The molecule has 4 rings (SSSR count). The Bertz CT molecular complexity index is 628. The van der Waals surface area contributed by atoms with Gasteiger partial charge in [-0.05, 0) is 24.5 Å². The maximum Gasteiger partial charge on any atom is 0.129 e. The molecule has 2 unspecified atom stereocenters. The highest BCUT2D eigenvalue weighted by Crippen LogP contribution is 2.43. The fourth-order valence-electron chi connectivity index (χ4n) is 3.49. The van der Waals surface area contributed by atoms with Crippen LogP contribution in [-0.4, -0.2) is 6.10 Å². The summed E-state index contributed by atoms with van der Waals surface area (Å²) in [6.45, 7) is 0. The van der Waals surface area contributed by atoms with Gasteiger partial charge in [0.1, 0.15) is 11.9 Å². The molecule has 2 heteroatoms. The zero-order valence-corrected chi connectivity index (χ0v) is 11.5. The molecular formula is C18H19NO. The maximum atomic E-state index is 6.32. The van der Waals surface area contributed by atoms with E-state index >= 15 is 0 Å². The molecular weight excluding hydrogens is 246 g/mol. The lowest BCUT2D eigenvalue weighted by Crippen LogP contribution is -2.22. The largest absolute Gasteiger partial charge is 0.489 e. The zero-order valence-electron chi connectivity index (χ0n) is 11.5. The highest BCUT2D eigenvalue weighted by molar-refractivity contribution is 5.55. The summed E-state index contributed by atoms with van der Waals surface area (Å²) in [6, 6.07) is 0. The molecule has 1 aliphatic heterocycles. The van der Waals surface area contributed by atoms with Crippen molar-refractivity contribution in [3.8, 4) is 0 Å². The number of nitrogens with two attached hydrogens (primary N) is 1. The Morgan fingerprint density at radius 2 is 2.15 bits per heavy atom. The van der Waals surface area contributed by atoms with Crippen molar-refractivity contribution < 1.29 is 4.74 Å². The number of ether oxygens (including phenoxy) is 1. The van der Waals surface area contributed by atoms with Crippen LogP contribution in [0.4, 0.5) is 0 Å². The standard InChI is InChI=1S/C18H19NO/c19-16-11-18-15(13-8-4-5-9-17(13)20-18)10-14(16)12-6-2-1-3-7-12/h1-4,6,8,10,12,18H,5,7,9,11,19H2. The molecule has 0 aromatic heterocycles. The van der Waals surface area contributed by atoms with E-state index in [0.29, 0.717) is 5.92 Å². The van der Waals surface area contributed by atoms with Crippen LogP contribution in [0, 0.1) is 5.92 Å². The summed E-state index contributed by atoms with van der Waals surface area (Å²) in [4.78, 5) is 0. The summed E-state index contributed by atoms with van der Waals surface area (Å²) in [7, 11) is 0. The van der Waals surface area contributed by atoms with E-state index in [4.69, 9.17) is 10.5 Å². The second kappa shape index (κ2) is 4.55. The van der Waals surface area contributed by atoms with Crippen LogP contribution < -0.4 is 5.73 Å². The van der Waals surface area contributed by atoms with Crippen molar-refractivity contribution in [2.75, 3.05) is 0 Å². The fourth-order valence-corrected chi connectivity index (χ4v) is 3.49. The first-order valence-corrected chi connectivity index (χ1v) is 7.43. The highest BCUT2D eigenvalue weighted by Gasteiger charge is 2.34. The van der Waals surface area contributed by atoms with Crippen molar-refractivity contribution in [2.45, 2.75) is 31.8 Å². The van der Waals surface area contributed by atoms with Gasteiger partial charge in [-0.2, -0.15) is 0 Å². The van der Waals surface area contributed by atoms with E-state index in [1.165, 1.54) is 16.7 Å². The summed E-state index contributed by atoms with van der Waals surface area (Å²) in [6.07, 6.45) is 19.6. The van der Waals surface area contributed by atoms with Crippen LogP contribution in [0.15, 0.2) is 70.7 Å². The van der Waals surface area contributed by atoms with E-state index in [2.05, 4.69) is 42.5 Å². The quantitative estimate of drug-likeness (QED) is 0.785. The molecule has 0 aromatic carbocycles. The van der Waals surface area contributed by atoms with Gasteiger partial charge in [0, 0.05) is 35.6 Å². The molecule has 3 aliphatic carbocycles. The Morgan fingerprint density at radius 1 is 1.20 bits per heavy atom.